The minimum absolute atomic E-state index is 0.462. The first-order chi connectivity index (χ1) is 9.22. The van der Waals surface area contributed by atoms with Crippen molar-refractivity contribution in [1.29, 1.82) is 5.26 Å². The van der Waals surface area contributed by atoms with Crippen molar-refractivity contribution in [2.75, 3.05) is 0 Å². The first kappa shape index (κ1) is 12.4. The van der Waals surface area contributed by atoms with Gasteiger partial charge in [-0.1, -0.05) is 25.8 Å². The van der Waals surface area contributed by atoms with Gasteiger partial charge in [0.15, 0.2) is 4.77 Å². The molecular formula is C15H17N3S. The molecule has 3 rings (SSSR count). The highest BCUT2D eigenvalue weighted by Crippen LogP contribution is 2.36. The highest BCUT2D eigenvalue weighted by atomic mass is 32.1. The van der Waals surface area contributed by atoms with Gasteiger partial charge in [-0.25, -0.2) is 0 Å². The van der Waals surface area contributed by atoms with Gasteiger partial charge < -0.3 is 9.55 Å². The van der Waals surface area contributed by atoms with E-state index in [-0.39, 0.29) is 0 Å². The van der Waals surface area contributed by atoms with Crippen LogP contribution in [0.25, 0.3) is 11.0 Å². The van der Waals surface area contributed by atoms with Crippen LogP contribution in [0.1, 0.15) is 44.2 Å². The second kappa shape index (κ2) is 4.82. The Bertz CT molecular complexity index is 704. The van der Waals surface area contributed by atoms with Gasteiger partial charge in [-0.2, -0.15) is 5.26 Å². The molecule has 0 bridgehead atoms. The lowest BCUT2D eigenvalue weighted by molar-refractivity contribution is 0.260. The number of hydrogen-bond donors (Lipinski definition) is 1. The Morgan fingerprint density at radius 2 is 2.16 bits per heavy atom. The van der Waals surface area contributed by atoms with Crippen molar-refractivity contribution in [3.63, 3.8) is 0 Å². The van der Waals surface area contributed by atoms with Crippen LogP contribution in [0.2, 0.25) is 0 Å². The fraction of sp³-hybridized carbons (Fsp3) is 0.467. The lowest BCUT2D eigenvalue weighted by Crippen LogP contribution is -2.21. The number of rotatable bonds is 1. The smallest absolute Gasteiger partial charge is 0.178 e. The normalized spacial score (nSPS) is 23.4. The van der Waals surface area contributed by atoms with Gasteiger partial charge in [-0.05, 0) is 43.1 Å². The molecule has 2 aromatic rings. The zero-order valence-corrected chi connectivity index (χ0v) is 11.8. The van der Waals surface area contributed by atoms with Crippen LogP contribution in [0, 0.1) is 22.0 Å². The van der Waals surface area contributed by atoms with E-state index in [1.807, 2.05) is 12.1 Å². The Labute approximate surface area is 117 Å². The quantitative estimate of drug-likeness (QED) is 0.785. The molecule has 0 spiro atoms. The summed E-state index contributed by atoms with van der Waals surface area (Å²) in [6.45, 7) is 2.30. The van der Waals surface area contributed by atoms with Crippen molar-refractivity contribution >= 4 is 23.3 Å². The van der Waals surface area contributed by atoms with Gasteiger partial charge in [0.25, 0.3) is 0 Å². The average molecular weight is 271 g/mol. The number of para-hydroxylation sites is 1. The van der Waals surface area contributed by atoms with Crippen LogP contribution in [-0.2, 0) is 0 Å². The van der Waals surface area contributed by atoms with Crippen LogP contribution in [0.4, 0.5) is 0 Å². The number of nitrogens with zero attached hydrogens (tertiary/aromatic N) is 2. The zero-order chi connectivity index (χ0) is 13.4. The maximum atomic E-state index is 9.18. The second-order valence-electron chi connectivity index (χ2n) is 5.44. The Hall–Kier alpha value is -1.60. The summed E-state index contributed by atoms with van der Waals surface area (Å²) >= 11 is 5.49. The molecule has 3 nitrogen and oxygen atoms in total. The summed E-state index contributed by atoms with van der Waals surface area (Å²) in [4.78, 5) is 3.22. The summed E-state index contributed by atoms with van der Waals surface area (Å²) in [6.07, 6.45) is 5.02. The van der Waals surface area contributed by atoms with Crippen LogP contribution in [0.3, 0.4) is 0 Å². The van der Waals surface area contributed by atoms with E-state index in [9.17, 15) is 5.26 Å². The summed E-state index contributed by atoms with van der Waals surface area (Å²) in [5, 5.41) is 9.18. The zero-order valence-electron chi connectivity index (χ0n) is 11.0. The van der Waals surface area contributed by atoms with E-state index in [4.69, 9.17) is 12.2 Å². The number of aromatic amines is 1. The van der Waals surface area contributed by atoms with Gasteiger partial charge in [-0.15, -0.1) is 0 Å². The number of H-pyrrole nitrogens is 1. The summed E-state index contributed by atoms with van der Waals surface area (Å²) < 4.78 is 2.98. The number of fused-ring (bicyclic) bond motifs is 1. The molecular weight excluding hydrogens is 254 g/mol. The highest BCUT2D eigenvalue weighted by molar-refractivity contribution is 7.71. The van der Waals surface area contributed by atoms with Gasteiger partial charge in [0.2, 0.25) is 0 Å². The molecule has 1 N–H and O–H groups in total. The predicted molar refractivity (Wildman–Crippen MR) is 78.5 cm³/mol. The van der Waals surface area contributed by atoms with Crippen molar-refractivity contribution in [3.05, 3.63) is 28.5 Å². The number of benzene rings is 1. The number of imidazole rings is 1. The van der Waals surface area contributed by atoms with E-state index in [2.05, 4.69) is 28.6 Å². The second-order valence-corrected chi connectivity index (χ2v) is 5.83. The van der Waals surface area contributed by atoms with Crippen molar-refractivity contribution in [3.8, 4) is 6.07 Å². The van der Waals surface area contributed by atoms with E-state index in [1.165, 1.54) is 25.7 Å². The van der Waals surface area contributed by atoms with Crippen molar-refractivity contribution in [2.45, 2.75) is 38.6 Å². The molecule has 1 heterocycles. The van der Waals surface area contributed by atoms with E-state index in [1.54, 1.807) is 0 Å². The molecule has 0 radical (unpaired) electrons. The van der Waals surface area contributed by atoms with Crippen LogP contribution in [0.5, 0.6) is 0 Å². The van der Waals surface area contributed by atoms with Gasteiger partial charge >= 0.3 is 0 Å². The van der Waals surface area contributed by atoms with E-state index < -0.39 is 0 Å². The molecule has 1 aliphatic carbocycles. The molecule has 1 aliphatic rings. The molecule has 1 fully saturated rings. The fourth-order valence-electron chi connectivity index (χ4n) is 3.25. The molecule has 4 heteroatoms. The lowest BCUT2D eigenvalue weighted by atomic mass is 9.85. The SMILES string of the molecule is CC1CCCCC1n1c(=S)[nH]c2c(C#N)cccc21. The highest BCUT2D eigenvalue weighted by Gasteiger charge is 2.25. The minimum Gasteiger partial charge on any atom is -0.329 e. The summed E-state index contributed by atoms with van der Waals surface area (Å²) in [5.41, 5.74) is 2.63. The topological polar surface area (TPSA) is 44.5 Å². The molecule has 0 amide bonds. The molecule has 1 aromatic heterocycles. The van der Waals surface area contributed by atoms with Gasteiger partial charge in [0.05, 0.1) is 16.6 Å². The third kappa shape index (κ3) is 1.98. The Balaban J connectivity index is 2.21. The van der Waals surface area contributed by atoms with Crippen LogP contribution >= 0.6 is 12.2 Å². The van der Waals surface area contributed by atoms with E-state index >= 15 is 0 Å². The van der Waals surface area contributed by atoms with E-state index in [0.29, 0.717) is 17.5 Å². The first-order valence-corrected chi connectivity index (χ1v) is 7.26. The maximum absolute atomic E-state index is 9.18. The molecule has 0 saturated heterocycles. The minimum atomic E-state index is 0.462. The molecule has 0 aliphatic heterocycles. The Kier molecular flexibility index (Phi) is 3.16. The average Bonchev–Trinajstić information content (AvgIpc) is 2.75. The first-order valence-electron chi connectivity index (χ1n) is 6.85. The monoisotopic (exact) mass is 271 g/mol. The molecule has 2 atom stereocenters. The Morgan fingerprint density at radius 1 is 1.37 bits per heavy atom. The molecule has 1 aromatic carbocycles. The standard InChI is InChI=1S/C15H17N3S/c1-10-5-2-3-7-12(10)18-13-8-4-6-11(9-16)14(13)17-15(18)19/h4,6,8,10,12H,2-3,5,7H2,1H3,(H,17,19). The summed E-state index contributed by atoms with van der Waals surface area (Å²) in [6, 6.07) is 8.53. The maximum Gasteiger partial charge on any atom is 0.178 e. The van der Waals surface area contributed by atoms with Crippen LogP contribution in [0.15, 0.2) is 18.2 Å². The number of aromatic nitrogens is 2. The molecule has 98 valence electrons. The summed E-state index contributed by atoms with van der Waals surface area (Å²) in [7, 11) is 0. The van der Waals surface area contributed by atoms with Gasteiger partial charge in [0, 0.05) is 6.04 Å². The van der Waals surface area contributed by atoms with Gasteiger partial charge in [-0.3, -0.25) is 0 Å². The molecule has 1 saturated carbocycles. The predicted octanol–water partition coefficient (Wildman–Crippen LogP) is 4.32. The van der Waals surface area contributed by atoms with Crippen molar-refractivity contribution < 1.29 is 0 Å². The third-order valence-corrected chi connectivity index (χ3v) is 4.57. The fourth-order valence-corrected chi connectivity index (χ4v) is 3.59. The van der Waals surface area contributed by atoms with Crippen molar-refractivity contribution in [1.82, 2.24) is 9.55 Å². The number of nitrogens with one attached hydrogen (secondary N) is 1. The van der Waals surface area contributed by atoms with Gasteiger partial charge in [0.1, 0.15) is 6.07 Å². The number of nitriles is 1. The number of hydrogen-bond acceptors (Lipinski definition) is 2. The van der Waals surface area contributed by atoms with Crippen LogP contribution in [-0.4, -0.2) is 9.55 Å². The van der Waals surface area contributed by atoms with Crippen molar-refractivity contribution in [2.24, 2.45) is 5.92 Å². The molecule has 19 heavy (non-hydrogen) atoms. The van der Waals surface area contributed by atoms with E-state index in [0.717, 1.165) is 15.8 Å². The van der Waals surface area contributed by atoms with Crippen LogP contribution < -0.4 is 0 Å². The third-order valence-electron chi connectivity index (χ3n) is 4.27. The largest absolute Gasteiger partial charge is 0.329 e. The Morgan fingerprint density at radius 3 is 2.89 bits per heavy atom. The molecule has 2 unspecified atom stereocenters. The lowest BCUT2D eigenvalue weighted by Gasteiger charge is -2.30. The summed E-state index contributed by atoms with van der Waals surface area (Å²) in [5.74, 6) is 0.644.